The smallest absolute Gasteiger partial charge is 0.277 e. The van der Waals surface area contributed by atoms with Crippen LogP contribution in [0.3, 0.4) is 0 Å². The molecule has 0 spiro atoms. The van der Waals surface area contributed by atoms with Crippen molar-refractivity contribution in [2.75, 3.05) is 11.5 Å². The van der Waals surface area contributed by atoms with Crippen LogP contribution < -0.4 is 19.9 Å². The van der Waals surface area contributed by atoms with Gasteiger partial charge in [0.1, 0.15) is 28.9 Å². The fourth-order valence-corrected chi connectivity index (χ4v) is 5.58. The van der Waals surface area contributed by atoms with Crippen LogP contribution in [0.2, 0.25) is 0 Å². The Morgan fingerprint density at radius 3 is 2.63 bits per heavy atom. The minimum Gasteiger partial charge on any atom is -0.493 e. The first-order valence-electron chi connectivity index (χ1n) is 14.0. The molecule has 1 aliphatic rings. The third-order valence-corrected chi connectivity index (χ3v) is 7.45. The molecule has 2 unspecified atom stereocenters. The Morgan fingerprint density at radius 1 is 1.15 bits per heavy atom. The highest BCUT2D eigenvalue weighted by Crippen LogP contribution is 2.37. The fourth-order valence-electron chi connectivity index (χ4n) is 5.58. The third kappa shape index (κ3) is 5.15. The zero-order chi connectivity index (χ0) is 29.3. The lowest BCUT2D eigenvalue weighted by atomic mass is 10.1. The molecular formula is C31H34N6O4. The molecule has 41 heavy (non-hydrogen) atoms. The lowest BCUT2D eigenvalue weighted by Crippen LogP contribution is -2.38. The molecule has 10 heteroatoms. The molecule has 2 aromatic carbocycles. The number of aromatic amines is 1. The fraction of sp³-hybridized carbons (Fsp3) is 0.387. The molecule has 0 bridgehead atoms. The first kappa shape index (κ1) is 27.9. The summed E-state index contributed by atoms with van der Waals surface area (Å²) in [7, 11) is 1.74. The number of amides is 1. The molecule has 0 aliphatic carbocycles. The number of aryl methyl sites for hydroxylation is 3. The summed E-state index contributed by atoms with van der Waals surface area (Å²) >= 11 is 0. The summed E-state index contributed by atoms with van der Waals surface area (Å²) in [6.07, 6.45) is 2.11. The van der Waals surface area contributed by atoms with E-state index in [1.165, 1.54) is 0 Å². The number of anilines is 1. The van der Waals surface area contributed by atoms with Crippen molar-refractivity contribution >= 4 is 28.3 Å². The summed E-state index contributed by atoms with van der Waals surface area (Å²) in [5.74, 6) is 1.45. The number of carbonyl (C=O) groups excluding carboxylic acids is 1. The number of nitrogens with one attached hydrogen (secondary N) is 1. The van der Waals surface area contributed by atoms with Crippen molar-refractivity contribution in [2.45, 2.75) is 65.5 Å². The zero-order valence-corrected chi connectivity index (χ0v) is 24.0. The third-order valence-electron chi connectivity index (χ3n) is 7.45. The van der Waals surface area contributed by atoms with E-state index in [9.17, 15) is 9.59 Å². The van der Waals surface area contributed by atoms with Crippen molar-refractivity contribution in [3.63, 3.8) is 0 Å². The Labute approximate surface area is 238 Å². The number of benzene rings is 2. The molecule has 4 aromatic rings. The summed E-state index contributed by atoms with van der Waals surface area (Å²) in [6, 6.07) is 10.7. The lowest BCUT2D eigenvalue weighted by Gasteiger charge is -2.28. The minimum absolute atomic E-state index is 0.0283. The molecule has 5 rings (SSSR count). The molecule has 2 aromatic heterocycles. The highest BCUT2D eigenvalue weighted by molar-refractivity contribution is 5.97. The molecule has 3 heterocycles. The highest BCUT2D eigenvalue weighted by Gasteiger charge is 2.41. The van der Waals surface area contributed by atoms with Crippen LogP contribution in [-0.4, -0.2) is 44.4 Å². The first-order valence-corrected chi connectivity index (χ1v) is 14.0. The van der Waals surface area contributed by atoms with Crippen molar-refractivity contribution in [3.8, 4) is 22.9 Å². The van der Waals surface area contributed by atoms with Crippen LogP contribution in [0.4, 0.5) is 11.4 Å². The Bertz CT molecular complexity index is 1720. The second-order valence-corrected chi connectivity index (χ2v) is 10.2. The topological polar surface area (TPSA) is 107 Å². The maximum absolute atomic E-state index is 13.2. The summed E-state index contributed by atoms with van der Waals surface area (Å²) in [6.45, 7) is 15.6. The normalized spacial score (nSPS) is 16.8. The number of hydrogen-bond acceptors (Lipinski definition) is 6. The molecular weight excluding hydrogens is 520 g/mol. The first-order chi connectivity index (χ1) is 19.8. The van der Waals surface area contributed by atoms with Crippen LogP contribution in [0.15, 0.2) is 41.2 Å². The van der Waals surface area contributed by atoms with E-state index in [-0.39, 0.29) is 30.0 Å². The Kier molecular flexibility index (Phi) is 7.79. The van der Waals surface area contributed by atoms with Gasteiger partial charge in [0.2, 0.25) is 5.91 Å². The van der Waals surface area contributed by atoms with Gasteiger partial charge in [-0.1, -0.05) is 26.3 Å². The number of carbonyl (C=O) groups is 1. The Morgan fingerprint density at radius 2 is 1.95 bits per heavy atom. The summed E-state index contributed by atoms with van der Waals surface area (Å²) in [5, 5.41) is 4.52. The van der Waals surface area contributed by atoms with E-state index >= 15 is 0 Å². The number of nitrogens with zero attached hydrogens (tertiary/aromatic N) is 5. The average molecular weight is 555 g/mol. The van der Waals surface area contributed by atoms with Gasteiger partial charge in [-0.25, -0.2) is 9.83 Å². The molecule has 10 nitrogen and oxygen atoms in total. The lowest BCUT2D eigenvalue weighted by molar-refractivity contribution is -0.117. The Hall–Kier alpha value is -4.65. The number of rotatable bonds is 9. The van der Waals surface area contributed by atoms with E-state index < -0.39 is 0 Å². The van der Waals surface area contributed by atoms with Crippen molar-refractivity contribution in [1.82, 2.24) is 19.7 Å². The van der Waals surface area contributed by atoms with Gasteiger partial charge in [-0.15, -0.1) is 0 Å². The monoisotopic (exact) mass is 554 g/mol. The van der Waals surface area contributed by atoms with E-state index in [0.29, 0.717) is 59.1 Å². The van der Waals surface area contributed by atoms with E-state index in [1.54, 1.807) is 34.8 Å². The quantitative estimate of drug-likeness (QED) is 0.274. The predicted octanol–water partition coefficient (Wildman–Crippen LogP) is 5.50. The van der Waals surface area contributed by atoms with E-state index in [1.807, 2.05) is 39.0 Å². The molecule has 1 N–H and O–H groups in total. The standard InChI is InChI=1S/C31H34N6O4/c1-7-10-23-28-29(36(6)35-23)31(39)34-30(33-28)21-16-20(12-14-25(21)40-9-3)41-26-17-27(38)37(24(26)8-2)19-11-13-22(32-5)18(4)15-19/h11-16,24,26H,7-10,17H2,1-4,6H3,(H,33,34,39). The minimum atomic E-state index is -0.386. The number of H-pyrrole nitrogens is 1. The molecule has 1 amide bonds. The molecule has 2 atom stereocenters. The highest BCUT2D eigenvalue weighted by atomic mass is 16.5. The zero-order valence-electron chi connectivity index (χ0n) is 24.0. The maximum Gasteiger partial charge on any atom is 0.277 e. The maximum atomic E-state index is 13.2. The molecule has 1 fully saturated rings. The Balaban J connectivity index is 1.51. The van der Waals surface area contributed by atoms with Gasteiger partial charge in [0.25, 0.3) is 5.56 Å². The molecule has 1 saturated heterocycles. The second-order valence-electron chi connectivity index (χ2n) is 10.2. The summed E-state index contributed by atoms with van der Waals surface area (Å²) in [4.78, 5) is 39.4. The van der Waals surface area contributed by atoms with Gasteiger partial charge in [-0.05, 0) is 62.6 Å². The summed E-state index contributed by atoms with van der Waals surface area (Å²) in [5.41, 5.74) is 4.25. The van der Waals surface area contributed by atoms with Gasteiger partial charge in [0, 0.05) is 12.7 Å². The van der Waals surface area contributed by atoms with Crippen LogP contribution in [-0.2, 0) is 18.3 Å². The average Bonchev–Trinajstić information content (AvgIpc) is 3.44. The largest absolute Gasteiger partial charge is 0.493 e. The molecule has 0 saturated carbocycles. The molecule has 1 aliphatic heterocycles. The predicted molar refractivity (Wildman–Crippen MR) is 158 cm³/mol. The second kappa shape index (κ2) is 11.5. The van der Waals surface area contributed by atoms with E-state index in [2.05, 4.69) is 21.9 Å². The van der Waals surface area contributed by atoms with Crippen molar-refractivity contribution < 1.29 is 14.3 Å². The molecule has 0 radical (unpaired) electrons. The van der Waals surface area contributed by atoms with Gasteiger partial charge in [-0.2, -0.15) is 5.10 Å². The van der Waals surface area contributed by atoms with Crippen LogP contribution >= 0.6 is 0 Å². The summed E-state index contributed by atoms with van der Waals surface area (Å²) < 4.78 is 13.9. The van der Waals surface area contributed by atoms with Gasteiger partial charge < -0.3 is 19.4 Å². The van der Waals surface area contributed by atoms with Crippen LogP contribution in [0, 0.1) is 13.5 Å². The van der Waals surface area contributed by atoms with Gasteiger partial charge in [0.05, 0.1) is 36.9 Å². The van der Waals surface area contributed by atoms with Crippen molar-refractivity contribution in [1.29, 1.82) is 0 Å². The molecule has 212 valence electrons. The van der Waals surface area contributed by atoms with Crippen molar-refractivity contribution in [2.24, 2.45) is 7.05 Å². The van der Waals surface area contributed by atoms with Gasteiger partial charge in [-0.3, -0.25) is 14.3 Å². The van der Waals surface area contributed by atoms with E-state index in [0.717, 1.165) is 23.4 Å². The van der Waals surface area contributed by atoms with Crippen LogP contribution in [0.25, 0.3) is 27.3 Å². The number of fused-ring (bicyclic) bond motifs is 1. The van der Waals surface area contributed by atoms with Gasteiger partial charge in [0.15, 0.2) is 11.2 Å². The van der Waals surface area contributed by atoms with Gasteiger partial charge >= 0.3 is 0 Å². The number of aromatic nitrogens is 4. The van der Waals surface area contributed by atoms with Crippen molar-refractivity contribution in [3.05, 3.63) is 69.4 Å². The van der Waals surface area contributed by atoms with Crippen LogP contribution in [0.5, 0.6) is 11.5 Å². The van der Waals surface area contributed by atoms with Crippen LogP contribution in [0.1, 0.15) is 51.3 Å². The number of ether oxygens (including phenoxy) is 2. The van der Waals surface area contributed by atoms with E-state index in [4.69, 9.17) is 21.0 Å². The SMILES string of the molecule is [C-]#[N+]c1ccc(N2C(=O)CC(Oc3ccc(OCC)c(-c4nc5c(CCC)nn(C)c5c(=O)[nH]4)c3)C2CC)cc1C. The number of hydrogen-bond donors (Lipinski definition) is 1.